The van der Waals surface area contributed by atoms with Crippen LogP contribution in [0.2, 0.25) is 0 Å². The van der Waals surface area contributed by atoms with Gasteiger partial charge in [0.1, 0.15) is 10.6 Å². The SMILES string of the molecule is CCOC(=O)c1csc2nc(N)nc(N3CCN(C(=O)Cc4ccsc4)CC3)c12. The quantitative estimate of drug-likeness (QED) is 0.619. The van der Waals surface area contributed by atoms with Crippen LogP contribution in [0.5, 0.6) is 0 Å². The molecule has 0 radical (unpaired) electrons. The van der Waals surface area contributed by atoms with Gasteiger partial charge in [-0.15, -0.1) is 11.3 Å². The Hall–Kier alpha value is -2.72. The molecule has 8 nitrogen and oxygen atoms in total. The van der Waals surface area contributed by atoms with E-state index in [0.29, 0.717) is 60.8 Å². The molecule has 0 saturated carbocycles. The Morgan fingerprint density at radius 3 is 2.69 bits per heavy atom. The number of carbonyl (C=O) groups excluding carboxylic acids is 2. The largest absolute Gasteiger partial charge is 0.462 e. The van der Waals surface area contributed by atoms with Gasteiger partial charge in [0.05, 0.1) is 24.0 Å². The number of anilines is 2. The molecule has 3 aromatic rings. The summed E-state index contributed by atoms with van der Waals surface area (Å²) in [6.45, 7) is 4.47. The summed E-state index contributed by atoms with van der Waals surface area (Å²) in [5.74, 6) is 0.526. The Kier molecular flexibility index (Phi) is 5.63. The summed E-state index contributed by atoms with van der Waals surface area (Å²) >= 11 is 2.94. The Balaban J connectivity index is 1.54. The highest BCUT2D eigenvalue weighted by atomic mass is 32.1. The first kappa shape index (κ1) is 19.6. The number of aromatic nitrogens is 2. The number of thiophene rings is 2. The zero-order valence-electron chi connectivity index (χ0n) is 16.0. The van der Waals surface area contributed by atoms with Crippen LogP contribution >= 0.6 is 22.7 Å². The minimum atomic E-state index is -0.391. The van der Waals surface area contributed by atoms with Gasteiger partial charge >= 0.3 is 5.97 Å². The van der Waals surface area contributed by atoms with Crippen molar-refractivity contribution in [2.45, 2.75) is 13.3 Å². The van der Waals surface area contributed by atoms with E-state index < -0.39 is 5.97 Å². The normalized spacial score (nSPS) is 14.4. The van der Waals surface area contributed by atoms with Crippen LogP contribution in [0.25, 0.3) is 10.2 Å². The second-order valence-corrected chi connectivity index (χ2v) is 8.27. The maximum Gasteiger partial charge on any atom is 0.339 e. The van der Waals surface area contributed by atoms with Crippen molar-refractivity contribution in [2.24, 2.45) is 0 Å². The minimum Gasteiger partial charge on any atom is -0.462 e. The minimum absolute atomic E-state index is 0.123. The van der Waals surface area contributed by atoms with Gasteiger partial charge in [0.25, 0.3) is 0 Å². The molecular weight excluding hydrogens is 410 g/mol. The van der Waals surface area contributed by atoms with Gasteiger partial charge in [-0.2, -0.15) is 16.3 Å². The molecule has 0 spiro atoms. The Labute approximate surface area is 175 Å². The summed E-state index contributed by atoms with van der Waals surface area (Å²) < 4.78 is 5.18. The molecule has 1 saturated heterocycles. The molecule has 1 aliphatic heterocycles. The van der Waals surface area contributed by atoms with Crippen molar-refractivity contribution in [3.05, 3.63) is 33.3 Å². The van der Waals surface area contributed by atoms with E-state index in [4.69, 9.17) is 10.5 Å². The Morgan fingerprint density at radius 2 is 2.00 bits per heavy atom. The summed E-state index contributed by atoms with van der Waals surface area (Å²) in [7, 11) is 0. The zero-order chi connectivity index (χ0) is 20.4. The molecule has 0 unspecified atom stereocenters. The van der Waals surface area contributed by atoms with E-state index in [1.807, 2.05) is 21.7 Å². The molecule has 0 bridgehead atoms. The number of piperazine rings is 1. The molecular formula is C19H21N5O3S2. The fourth-order valence-corrected chi connectivity index (χ4v) is 4.95. The molecule has 3 aromatic heterocycles. The van der Waals surface area contributed by atoms with E-state index in [1.54, 1.807) is 23.6 Å². The fraction of sp³-hybridized carbons (Fsp3) is 0.368. The van der Waals surface area contributed by atoms with Crippen molar-refractivity contribution >= 4 is 56.5 Å². The standard InChI is InChI=1S/C19H21N5O3S2/c1-2-27-18(26)13-11-29-17-15(13)16(21-19(20)22-17)24-6-4-23(5-7-24)14(25)9-12-3-8-28-10-12/h3,8,10-11H,2,4-7,9H2,1H3,(H2,20,21,22). The second kappa shape index (κ2) is 8.34. The average molecular weight is 432 g/mol. The molecule has 4 heterocycles. The number of fused-ring (bicyclic) bond motifs is 1. The van der Waals surface area contributed by atoms with E-state index in [-0.39, 0.29) is 11.9 Å². The number of esters is 1. The summed E-state index contributed by atoms with van der Waals surface area (Å²) in [4.78, 5) is 38.2. The molecule has 0 aromatic carbocycles. The van der Waals surface area contributed by atoms with Crippen molar-refractivity contribution in [3.63, 3.8) is 0 Å². The van der Waals surface area contributed by atoms with Gasteiger partial charge in [-0.1, -0.05) is 0 Å². The van der Waals surface area contributed by atoms with Crippen LogP contribution in [0.3, 0.4) is 0 Å². The van der Waals surface area contributed by atoms with Crippen LogP contribution in [0, 0.1) is 0 Å². The van der Waals surface area contributed by atoms with Gasteiger partial charge in [0.15, 0.2) is 0 Å². The molecule has 152 valence electrons. The van der Waals surface area contributed by atoms with Crippen molar-refractivity contribution in [1.82, 2.24) is 14.9 Å². The van der Waals surface area contributed by atoms with Crippen molar-refractivity contribution in [1.29, 1.82) is 0 Å². The smallest absolute Gasteiger partial charge is 0.339 e. The van der Waals surface area contributed by atoms with Gasteiger partial charge in [-0.25, -0.2) is 9.78 Å². The lowest BCUT2D eigenvalue weighted by Gasteiger charge is -2.35. The number of nitrogen functional groups attached to an aromatic ring is 1. The number of nitrogens with zero attached hydrogens (tertiary/aromatic N) is 4. The van der Waals surface area contributed by atoms with Gasteiger partial charge in [0, 0.05) is 31.6 Å². The van der Waals surface area contributed by atoms with Crippen molar-refractivity contribution in [2.75, 3.05) is 43.4 Å². The van der Waals surface area contributed by atoms with Gasteiger partial charge in [0.2, 0.25) is 11.9 Å². The van der Waals surface area contributed by atoms with E-state index >= 15 is 0 Å². The molecule has 2 N–H and O–H groups in total. The summed E-state index contributed by atoms with van der Waals surface area (Å²) in [5, 5.41) is 6.39. The van der Waals surface area contributed by atoms with Crippen molar-refractivity contribution in [3.8, 4) is 0 Å². The molecule has 1 amide bonds. The molecule has 10 heteroatoms. The monoisotopic (exact) mass is 431 g/mol. The topological polar surface area (TPSA) is 102 Å². The van der Waals surface area contributed by atoms with Crippen LogP contribution in [-0.4, -0.2) is 59.5 Å². The first-order valence-electron chi connectivity index (χ1n) is 9.32. The van der Waals surface area contributed by atoms with Gasteiger partial charge in [-0.05, 0) is 29.3 Å². The Bertz CT molecular complexity index is 1030. The lowest BCUT2D eigenvalue weighted by Crippen LogP contribution is -2.49. The first-order chi connectivity index (χ1) is 14.1. The third-order valence-corrected chi connectivity index (χ3v) is 6.40. The van der Waals surface area contributed by atoms with Crippen LogP contribution in [-0.2, 0) is 16.0 Å². The third kappa shape index (κ3) is 4.03. The number of hydrogen-bond donors (Lipinski definition) is 1. The molecule has 4 rings (SSSR count). The van der Waals surface area contributed by atoms with Crippen LogP contribution in [0.4, 0.5) is 11.8 Å². The first-order valence-corrected chi connectivity index (χ1v) is 11.1. The van der Waals surface area contributed by atoms with Crippen LogP contribution in [0.1, 0.15) is 22.8 Å². The average Bonchev–Trinajstić information content (AvgIpc) is 3.37. The van der Waals surface area contributed by atoms with Crippen molar-refractivity contribution < 1.29 is 14.3 Å². The number of nitrogens with two attached hydrogens (primary N) is 1. The number of carbonyl (C=O) groups is 2. The summed E-state index contributed by atoms with van der Waals surface area (Å²) in [5.41, 5.74) is 7.41. The van der Waals surface area contributed by atoms with E-state index in [0.717, 1.165) is 5.56 Å². The zero-order valence-corrected chi connectivity index (χ0v) is 17.6. The summed E-state index contributed by atoms with van der Waals surface area (Å²) in [6, 6.07) is 1.98. The number of hydrogen-bond acceptors (Lipinski definition) is 9. The highest BCUT2D eigenvalue weighted by molar-refractivity contribution is 7.17. The third-order valence-electron chi connectivity index (χ3n) is 4.79. The molecule has 1 fully saturated rings. The van der Waals surface area contributed by atoms with Crippen LogP contribution in [0.15, 0.2) is 22.2 Å². The van der Waals surface area contributed by atoms with Crippen LogP contribution < -0.4 is 10.6 Å². The number of rotatable bonds is 5. The molecule has 1 aliphatic rings. The van der Waals surface area contributed by atoms with E-state index in [9.17, 15) is 9.59 Å². The maximum absolute atomic E-state index is 12.6. The number of amides is 1. The second-order valence-electron chi connectivity index (χ2n) is 6.63. The molecule has 29 heavy (non-hydrogen) atoms. The highest BCUT2D eigenvalue weighted by Crippen LogP contribution is 2.33. The Morgan fingerprint density at radius 1 is 1.21 bits per heavy atom. The van der Waals surface area contributed by atoms with Gasteiger partial charge < -0.3 is 20.3 Å². The van der Waals surface area contributed by atoms with Gasteiger partial charge in [-0.3, -0.25) is 4.79 Å². The predicted molar refractivity (Wildman–Crippen MR) is 115 cm³/mol. The fourth-order valence-electron chi connectivity index (χ4n) is 3.37. The predicted octanol–water partition coefficient (Wildman–Crippen LogP) is 2.40. The lowest BCUT2D eigenvalue weighted by atomic mass is 10.2. The van der Waals surface area contributed by atoms with E-state index in [1.165, 1.54) is 11.3 Å². The summed E-state index contributed by atoms with van der Waals surface area (Å²) in [6.07, 6.45) is 0.422. The van der Waals surface area contributed by atoms with E-state index in [2.05, 4.69) is 14.9 Å². The molecule has 0 aliphatic carbocycles. The highest BCUT2D eigenvalue weighted by Gasteiger charge is 2.27. The maximum atomic E-state index is 12.6. The number of ether oxygens (including phenoxy) is 1. The lowest BCUT2D eigenvalue weighted by molar-refractivity contribution is -0.130. The molecule has 0 atom stereocenters.